The molecule has 0 N–H and O–H groups in total. The fourth-order valence-corrected chi connectivity index (χ4v) is 4.36. The first-order chi connectivity index (χ1) is 12.8. The number of benzene rings is 1. The maximum atomic E-state index is 13.3. The van der Waals surface area contributed by atoms with Gasteiger partial charge in [-0.1, -0.05) is 6.92 Å². The van der Waals surface area contributed by atoms with Crippen molar-refractivity contribution < 1.29 is 27.5 Å². The summed E-state index contributed by atoms with van der Waals surface area (Å²) in [5.41, 5.74) is -3.23. The molecule has 0 aliphatic carbocycles. The van der Waals surface area contributed by atoms with Gasteiger partial charge < -0.3 is 4.74 Å². The molecule has 2 saturated heterocycles. The first-order valence-corrected chi connectivity index (χ1v) is 9.00. The van der Waals surface area contributed by atoms with E-state index < -0.39 is 52.2 Å². The van der Waals surface area contributed by atoms with Crippen LogP contribution in [0.3, 0.4) is 0 Å². The van der Waals surface area contributed by atoms with Gasteiger partial charge in [-0.15, -0.1) is 0 Å². The van der Waals surface area contributed by atoms with E-state index in [9.17, 15) is 22.8 Å². The molecule has 2 amide bonds. The second kappa shape index (κ2) is 6.31. The van der Waals surface area contributed by atoms with Gasteiger partial charge in [-0.25, -0.2) is 4.90 Å². The largest absolute Gasteiger partial charge is 0.417 e. The Morgan fingerprint density at radius 3 is 2.32 bits per heavy atom. The van der Waals surface area contributed by atoms with Crippen molar-refractivity contribution in [2.75, 3.05) is 4.90 Å². The van der Waals surface area contributed by atoms with Gasteiger partial charge in [0.2, 0.25) is 11.8 Å². The van der Waals surface area contributed by atoms with Gasteiger partial charge in [0, 0.05) is 0 Å². The molecule has 1 aromatic rings. The third kappa shape index (κ3) is 3.18. The number of hydrogen-bond acceptors (Lipinski definition) is 4. The number of hydrogen-bond donors (Lipinski definition) is 0. The highest BCUT2D eigenvalue weighted by atomic mass is 19.4. The van der Waals surface area contributed by atoms with Crippen molar-refractivity contribution in [3.05, 3.63) is 29.3 Å². The first kappa shape index (κ1) is 20.3. The molecule has 3 rings (SSSR count). The summed E-state index contributed by atoms with van der Waals surface area (Å²) in [6.45, 7) is 7.17. The summed E-state index contributed by atoms with van der Waals surface area (Å²) in [4.78, 5) is 26.7. The summed E-state index contributed by atoms with van der Waals surface area (Å²) in [7, 11) is 0. The molecule has 1 aromatic carbocycles. The van der Waals surface area contributed by atoms with Gasteiger partial charge in [0.25, 0.3) is 0 Å². The number of imide groups is 1. The molecule has 2 aliphatic heterocycles. The average molecular weight is 394 g/mol. The Bertz CT molecular complexity index is 888. The standard InChI is InChI=1S/C20H21F3N2O3/c1-11-15(19(4)8-7-18(2,3)28-19)17(27)25(16(11)26)13-6-5-12(10-24)14(9-13)20(21,22)23/h5-6,9,11,15H,7-8H2,1-4H3. The van der Waals surface area contributed by atoms with Crippen molar-refractivity contribution in [3.8, 4) is 6.07 Å². The SMILES string of the molecule is CC1C(=O)N(c2ccc(C#N)c(C(F)(F)F)c2)C(=O)C1C1(C)CCC(C)(C)O1. The monoisotopic (exact) mass is 394 g/mol. The highest BCUT2D eigenvalue weighted by Gasteiger charge is 2.58. The van der Waals surface area contributed by atoms with Gasteiger partial charge in [0.05, 0.1) is 45.9 Å². The van der Waals surface area contributed by atoms with Gasteiger partial charge in [-0.05, 0) is 51.8 Å². The Balaban J connectivity index is 2.02. The van der Waals surface area contributed by atoms with E-state index in [0.717, 1.165) is 11.0 Å². The Morgan fingerprint density at radius 1 is 1.18 bits per heavy atom. The van der Waals surface area contributed by atoms with Crippen molar-refractivity contribution in [3.63, 3.8) is 0 Å². The van der Waals surface area contributed by atoms with Crippen LogP contribution in [0.1, 0.15) is 51.7 Å². The number of halogens is 3. The van der Waals surface area contributed by atoms with Crippen LogP contribution in [0, 0.1) is 23.2 Å². The molecular weight excluding hydrogens is 373 g/mol. The molecule has 0 aromatic heterocycles. The van der Waals surface area contributed by atoms with E-state index in [1.807, 2.05) is 13.8 Å². The van der Waals surface area contributed by atoms with E-state index in [1.54, 1.807) is 13.8 Å². The first-order valence-electron chi connectivity index (χ1n) is 9.00. The fourth-order valence-electron chi connectivity index (χ4n) is 4.36. The number of nitriles is 1. The van der Waals surface area contributed by atoms with Crippen molar-refractivity contribution >= 4 is 17.5 Å². The van der Waals surface area contributed by atoms with Crippen LogP contribution in [0.15, 0.2) is 18.2 Å². The van der Waals surface area contributed by atoms with Gasteiger partial charge in [0.15, 0.2) is 0 Å². The van der Waals surface area contributed by atoms with Crippen molar-refractivity contribution in [1.82, 2.24) is 0 Å². The van der Waals surface area contributed by atoms with Gasteiger partial charge in [0.1, 0.15) is 0 Å². The molecule has 2 aliphatic rings. The molecule has 5 nitrogen and oxygen atoms in total. The Morgan fingerprint density at radius 2 is 1.82 bits per heavy atom. The highest BCUT2D eigenvalue weighted by molar-refractivity contribution is 6.22. The summed E-state index contributed by atoms with van der Waals surface area (Å²) in [5, 5.41) is 8.94. The second-order valence-corrected chi connectivity index (χ2v) is 8.29. The second-order valence-electron chi connectivity index (χ2n) is 8.29. The normalized spacial score (nSPS) is 30.0. The van der Waals surface area contributed by atoms with Crippen molar-refractivity contribution in [2.45, 2.75) is 57.9 Å². The van der Waals surface area contributed by atoms with Crippen LogP contribution in [0.2, 0.25) is 0 Å². The predicted molar refractivity (Wildman–Crippen MR) is 94.1 cm³/mol. The fraction of sp³-hybridized carbons (Fsp3) is 0.550. The molecule has 8 heteroatoms. The van der Waals surface area contributed by atoms with E-state index in [-0.39, 0.29) is 5.69 Å². The van der Waals surface area contributed by atoms with Crippen LogP contribution in [-0.4, -0.2) is 23.0 Å². The lowest BCUT2D eigenvalue weighted by molar-refractivity contribution is -0.143. The molecule has 3 atom stereocenters. The average Bonchev–Trinajstić information content (AvgIpc) is 2.99. The van der Waals surface area contributed by atoms with Crippen LogP contribution < -0.4 is 4.90 Å². The molecule has 150 valence electrons. The van der Waals surface area contributed by atoms with Crippen LogP contribution in [0.4, 0.5) is 18.9 Å². The Kier molecular flexibility index (Phi) is 4.58. The summed E-state index contributed by atoms with van der Waals surface area (Å²) >= 11 is 0. The maximum absolute atomic E-state index is 13.3. The van der Waals surface area contributed by atoms with Crippen LogP contribution in [0.25, 0.3) is 0 Å². The minimum Gasteiger partial charge on any atom is -0.369 e. The molecular formula is C20H21F3N2O3. The number of rotatable bonds is 2. The quantitative estimate of drug-likeness (QED) is 0.710. The molecule has 0 saturated carbocycles. The van der Waals surface area contributed by atoms with Crippen LogP contribution in [0.5, 0.6) is 0 Å². The van der Waals surface area contributed by atoms with E-state index in [4.69, 9.17) is 10.00 Å². The number of anilines is 1. The topological polar surface area (TPSA) is 70.4 Å². The summed E-state index contributed by atoms with van der Waals surface area (Å²) in [6.07, 6.45) is -3.49. The third-order valence-electron chi connectivity index (χ3n) is 5.67. The van der Waals surface area contributed by atoms with E-state index in [1.165, 1.54) is 12.1 Å². The molecule has 2 heterocycles. The molecule has 0 radical (unpaired) electrons. The zero-order valence-corrected chi connectivity index (χ0v) is 16.1. The predicted octanol–water partition coefficient (Wildman–Crippen LogP) is 4.05. The van der Waals surface area contributed by atoms with E-state index in [2.05, 4.69) is 0 Å². The molecule has 2 fully saturated rings. The molecule has 0 spiro atoms. The minimum atomic E-state index is -4.78. The Hall–Kier alpha value is -2.40. The van der Waals surface area contributed by atoms with Gasteiger partial charge in [-0.3, -0.25) is 9.59 Å². The van der Waals surface area contributed by atoms with Gasteiger partial charge in [-0.2, -0.15) is 18.4 Å². The van der Waals surface area contributed by atoms with Gasteiger partial charge >= 0.3 is 6.18 Å². The van der Waals surface area contributed by atoms with Crippen LogP contribution >= 0.6 is 0 Å². The maximum Gasteiger partial charge on any atom is 0.417 e. The highest BCUT2D eigenvalue weighted by Crippen LogP contribution is 2.48. The molecule has 28 heavy (non-hydrogen) atoms. The van der Waals surface area contributed by atoms with Crippen molar-refractivity contribution in [2.24, 2.45) is 11.8 Å². The lowest BCUT2D eigenvalue weighted by atomic mass is 9.79. The molecule has 0 bridgehead atoms. The zero-order chi connectivity index (χ0) is 21.1. The summed E-state index contributed by atoms with van der Waals surface area (Å²) in [6, 6.07) is 4.35. The smallest absolute Gasteiger partial charge is 0.369 e. The number of ether oxygens (including phenoxy) is 1. The van der Waals surface area contributed by atoms with Crippen molar-refractivity contribution in [1.29, 1.82) is 5.26 Å². The number of amides is 2. The third-order valence-corrected chi connectivity index (χ3v) is 5.67. The summed E-state index contributed by atoms with van der Waals surface area (Å²) < 4.78 is 45.9. The van der Waals surface area contributed by atoms with Crippen LogP contribution in [-0.2, 0) is 20.5 Å². The lowest BCUT2D eigenvalue weighted by Crippen LogP contribution is -2.43. The van der Waals surface area contributed by atoms with E-state index in [0.29, 0.717) is 18.9 Å². The number of carbonyl (C=O) groups excluding carboxylic acids is 2. The lowest BCUT2D eigenvalue weighted by Gasteiger charge is -2.33. The number of carbonyl (C=O) groups is 2. The minimum absolute atomic E-state index is 0.184. The zero-order valence-electron chi connectivity index (χ0n) is 16.1. The Labute approximate surface area is 161 Å². The molecule has 3 unspecified atom stereocenters. The number of nitrogens with zero attached hydrogens (tertiary/aromatic N) is 2. The summed E-state index contributed by atoms with van der Waals surface area (Å²) in [5.74, 6) is -2.65. The number of alkyl halides is 3. The van der Waals surface area contributed by atoms with E-state index >= 15 is 0 Å².